The molecule has 1 saturated carbocycles. The second-order valence-electron chi connectivity index (χ2n) is 9.10. The Morgan fingerprint density at radius 1 is 1.21 bits per heavy atom. The van der Waals surface area contributed by atoms with Gasteiger partial charge < -0.3 is 25.2 Å². The van der Waals surface area contributed by atoms with Crippen LogP contribution >= 0.6 is 0 Å². The third kappa shape index (κ3) is 4.70. The average molecular weight is 455 g/mol. The first-order chi connectivity index (χ1) is 16.1. The molecule has 0 aromatic heterocycles. The largest absolute Gasteiger partial charge is 0.486 e. The lowest BCUT2D eigenvalue weighted by Crippen LogP contribution is -2.58. The molecule has 1 heterocycles. The molecule has 0 spiro atoms. The number of para-hydroxylation sites is 1. The van der Waals surface area contributed by atoms with Crippen molar-refractivity contribution in [2.75, 3.05) is 13.2 Å². The van der Waals surface area contributed by atoms with E-state index in [4.69, 9.17) is 4.74 Å². The van der Waals surface area contributed by atoms with E-state index in [0.29, 0.717) is 24.2 Å². The molecular weight excluding hydrogens is 420 g/mol. The summed E-state index contributed by atoms with van der Waals surface area (Å²) in [6.45, 7) is 3.70. The van der Waals surface area contributed by atoms with Crippen LogP contribution in [0.5, 0.6) is 5.75 Å². The number of benzene rings is 1. The molecule has 1 aromatic carbocycles. The molecule has 1 aromatic rings. The van der Waals surface area contributed by atoms with Gasteiger partial charge in [0.1, 0.15) is 18.0 Å². The zero-order valence-corrected chi connectivity index (χ0v) is 19.0. The summed E-state index contributed by atoms with van der Waals surface area (Å²) in [6, 6.07) is 6.87. The number of amides is 2. The Labute approximate surface area is 195 Å². The number of nitrogens with zero attached hydrogens (tertiary/aromatic N) is 1. The monoisotopic (exact) mass is 454 g/mol. The predicted molar refractivity (Wildman–Crippen MR) is 125 cm³/mol. The Balaban J connectivity index is 1.74. The molecule has 4 unspecified atom stereocenters. The van der Waals surface area contributed by atoms with Crippen molar-refractivity contribution < 1.29 is 24.5 Å². The maximum absolute atomic E-state index is 13.4. The second kappa shape index (κ2) is 10.5. The number of hydrogen-bond acceptors (Lipinski definition) is 5. The summed E-state index contributed by atoms with van der Waals surface area (Å²) in [5, 5.41) is 23.5. The van der Waals surface area contributed by atoms with Crippen LogP contribution in [0.2, 0.25) is 0 Å². The van der Waals surface area contributed by atoms with E-state index in [2.05, 4.69) is 11.9 Å². The van der Waals surface area contributed by atoms with Crippen LogP contribution in [0.4, 0.5) is 0 Å². The van der Waals surface area contributed by atoms with Gasteiger partial charge in [-0.15, -0.1) is 6.58 Å². The van der Waals surface area contributed by atoms with Gasteiger partial charge in [-0.3, -0.25) is 9.59 Å². The summed E-state index contributed by atoms with van der Waals surface area (Å²) in [5.74, 6) is -0.123. The molecule has 2 amide bonds. The first-order valence-corrected chi connectivity index (χ1v) is 12.0. The van der Waals surface area contributed by atoms with Crippen LogP contribution in [-0.4, -0.2) is 64.4 Å². The van der Waals surface area contributed by atoms with E-state index in [9.17, 15) is 19.8 Å². The highest BCUT2D eigenvalue weighted by molar-refractivity contribution is 5.96. The van der Waals surface area contributed by atoms with Crippen molar-refractivity contribution in [3.63, 3.8) is 0 Å². The zero-order chi connectivity index (χ0) is 23.4. The topological polar surface area (TPSA) is 99.1 Å². The fraction of sp³-hybridized carbons (Fsp3) is 0.538. The van der Waals surface area contributed by atoms with Gasteiger partial charge in [0, 0.05) is 30.1 Å². The van der Waals surface area contributed by atoms with Crippen molar-refractivity contribution in [1.29, 1.82) is 0 Å². The van der Waals surface area contributed by atoms with E-state index < -0.39 is 24.2 Å². The van der Waals surface area contributed by atoms with Gasteiger partial charge in [-0.05, 0) is 31.4 Å². The van der Waals surface area contributed by atoms with E-state index in [-0.39, 0.29) is 31.0 Å². The van der Waals surface area contributed by atoms with E-state index in [1.165, 1.54) is 0 Å². The maximum atomic E-state index is 13.4. The van der Waals surface area contributed by atoms with Crippen molar-refractivity contribution >= 4 is 11.8 Å². The van der Waals surface area contributed by atoms with Crippen LogP contribution in [0.15, 0.2) is 48.6 Å². The minimum absolute atomic E-state index is 0.0223. The molecule has 3 aliphatic rings. The number of fused-ring (bicyclic) bond motifs is 3. The third-order valence-electron chi connectivity index (χ3n) is 7.02. The van der Waals surface area contributed by atoms with Crippen LogP contribution in [0.25, 0.3) is 0 Å². The van der Waals surface area contributed by atoms with Gasteiger partial charge in [0.25, 0.3) is 0 Å². The van der Waals surface area contributed by atoms with Gasteiger partial charge in [-0.1, -0.05) is 43.5 Å². The summed E-state index contributed by atoms with van der Waals surface area (Å²) in [4.78, 5) is 28.3. The summed E-state index contributed by atoms with van der Waals surface area (Å²) in [5.41, 5.74) is 1.33. The first kappa shape index (κ1) is 23.5. The molecule has 0 bridgehead atoms. The van der Waals surface area contributed by atoms with E-state index in [1.54, 1.807) is 12.2 Å². The van der Waals surface area contributed by atoms with Gasteiger partial charge in [0.2, 0.25) is 11.8 Å². The van der Waals surface area contributed by atoms with Crippen molar-refractivity contribution in [3.8, 4) is 5.75 Å². The molecule has 4 rings (SSSR count). The average Bonchev–Trinajstić information content (AvgIpc) is 3.23. The van der Waals surface area contributed by atoms with Gasteiger partial charge in [-0.25, -0.2) is 0 Å². The molecule has 2 aliphatic carbocycles. The maximum Gasteiger partial charge on any atom is 0.247 e. The van der Waals surface area contributed by atoms with Gasteiger partial charge in [0.05, 0.1) is 18.6 Å². The molecule has 7 heteroatoms. The molecule has 33 heavy (non-hydrogen) atoms. The van der Waals surface area contributed by atoms with Crippen molar-refractivity contribution in [2.45, 2.75) is 75.2 Å². The smallest absolute Gasteiger partial charge is 0.247 e. The molecule has 4 atom stereocenters. The van der Waals surface area contributed by atoms with E-state index in [1.807, 2.05) is 29.2 Å². The summed E-state index contributed by atoms with van der Waals surface area (Å²) in [6.07, 6.45) is 7.75. The van der Waals surface area contributed by atoms with Crippen molar-refractivity contribution in [2.24, 2.45) is 0 Å². The fourth-order valence-electron chi connectivity index (χ4n) is 5.49. The molecule has 3 N–H and O–H groups in total. The number of aliphatic hydroxyl groups excluding tert-OH is 2. The van der Waals surface area contributed by atoms with Crippen LogP contribution in [0.3, 0.4) is 0 Å². The fourth-order valence-corrected chi connectivity index (χ4v) is 5.49. The van der Waals surface area contributed by atoms with Crippen molar-refractivity contribution in [3.05, 3.63) is 54.1 Å². The molecular formula is C26H34N2O5. The number of nitrogens with one attached hydrogen (secondary N) is 1. The predicted octanol–water partition coefficient (Wildman–Crippen LogP) is 2.44. The molecule has 7 nitrogen and oxygen atoms in total. The van der Waals surface area contributed by atoms with Gasteiger partial charge >= 0.3 is 0 Å². The molecule has 1 aliphatic heterocycles. The van der Waals surface area contributed by atoms with Crippen LogP contribution in [-0.2, 0) is 9.59 Å². The molecule has 1 fully saturated rings. The number of aliphatic hydroxyl groups is 2. The molecule has 0 radical (unpaired) electrons. The lowest BCUT2D eigenvalue weighted by atomic mass is 9.76. The summed E-state index contributed by atoms with van der Waals surface area (Å²) in [7, 11) is 0. The second-order valence-corrected chi connectivity index (χ2v) is 9.10. The normalized spacial score (nSPS) is 26.4. The Morgan fingerprint density at radius 3 is 2.70 bits per heavy atom. The molecule has 0 saturated heterocycles. The zero-order valence-electron chi connectivity index (χ0n) is 19.0. The highest BCUT2D eigenvalue weighted by Gasteiger charge is 2.51. The highest BCUT2D eigenvalue weighted by Crippen LogP contribution is 2.47. The van der Waals surface area contributed by atoms with Crippen molar-refractivity contribution in [1.82, 2.24) is 10.2 Å². The SMILES string of the molecule is C=CCCC(=O)N(C1CCCCC1)C1C=C(C(=O)NCCO)C2c3ccccc3OC2C1O. The standard InChI is InChI=1S/C26H34N2O5/c1-2-3-13-22(30)28(17-9-5-4-6-10-17)20-16-19(26(32)27-14-15-29)23-18-11-7-8-12-21(18)33-25(23)24(20)31/h2,7-8,11-12,16-17,20,23-25,29,31H,1,3-6,9-10,13-15H2,(H,27,32). The van der Waals surface area contributed by atoms with Crippen LogP contribution < -0.4 is 10.1 Å². The van der Waals surface area contributed by atoms with E-state index in [0.717, 1.165) is 37.7 Å². The van der Waals surface area contributed by atoms with Gasteiger partial charge in [0.15, 0.2) is 0 Å². The van der Waals surface area contributed by atoms with Gasteiger partial charge in [-0.2, -0.15) is 0 Å². The molecule has 178 valence electrons. The Hall–Kier alpha value is -2.64. The van der Waals surface area contributed by atoms with Crippen LogP contribution in [0, 0.1) is 0 Å². The highest BCUT2D eigenvalue weighted by atomic mass is 16.5. The van der Waals surface area contributed by atoms with E-state index >= 15 is 0 Å². The Morgan fingerprint density at radius 2 is 1.97 bits per heavy atom. The van der Waals surface area contributed by atoms with Crippen LogP contribution in [0.1, 0.15) is 56.4 Å². The number of hydrogen-bond donors (Lipinski definition) is 3. The lowest BCUT2D eigenvalue weighted by molar-refractivity contribution is -0.141. The summed E-state index contributed by atoms with van der Waals surface area (Å²) < 4.78 is 6.16. The minimum Gasteiger partial charge on any atom is -0.486 e. The first-order valence-electron chi connectivity index (χ1n) is 12.0. The number of ether oxygens (including phenoxy) is 1. The number of rotatable bonds is 8. The number of carbonyl (C=O) groups is 2. The third-order valence-corrected chi connectivity index (χ3v) is 7.02. The minimum atomic E-state index is -0.966. The lowest BCUT2D eigenvalue weighted by Gasteiger charge is -2.45. The summed E-state index contributed by atoms with van der Waals surface area (Å²) >= 11 is 0. The number of carbonyl (C=O) groups excluding carboxylic acids is 2. The Kier molecular flexibility index (Phi) is 7.50. The Bertz CT molecular complexity index is 908. The quantitative estimate of drug-likeness (QED) is 0.524. The number of allylic oxidation sites excluding steroid dienone is 1.